The topological polar surface area (TPSA) is 56.2 Å². The van der Waals surface area contributed by atoms with Gasteiger partial charge in [-0.1, -0.05) is 23.8 Å². The largest absolute Gasteiger partial charge is 0.384 e. The molecular formula is C13H12N4. The lowest BCUT2D eigenvalue weighted by atomic mass is 10.1. The van der Waals surface area contributed by atoms with E-state index in [0.717, 1.165) is 16.9 Å². The van der Waals surface area contributed by atoms with Crippen LogP contribution in [0, 0.1) is 6.92 Å². The number of hydrogen-bond donors (Lipinski definition) is 1. The van der Waals surface area contributed by atoms with E-state index in [0.29, 0.717) is 5.82 Å². The normalized spacial score (nSPS) is 10.9. The predicted molar refractivity (Wildman–Crippen MR) is 67.6 cm³/mol. The molecule has 0 saturated heterocycles. The maximum Gasteiger partial charge on any atom is 0.157 e. The summed E-state index contributed by atoms with van der Waals surface area (Å²) >= 11 is 0. The minimum atomic E-state index is 0.594. The van der Waals surface area contributed by atoms with Crippen LogP contribution in [-0.4, -0.2) is 14.6 Å². The molecule has 2 heterocycles. The smallest absolute Gasteiger partial charge is 0.157 e. The summed E-state index contributed by atoms with van der Waals surface area (Å²) in [6.45, 7) is 2.06. The van der Waals surface area contributed by atoms with E-state index in [9.17, 15) is 0 Å². The van der Waals surface area contributed by atoms with Crippen molar-refractivity contribution in [3.8, 4) is 11.3 Å². The number of nitrogen functional groups attached to an aromatic ring is 1. The lowest BCUT2D eigenvalue weighted by molar-refractivity contribution is 0.954. The molecule has 3 rings (SSSR count). The summed E-state index contributed by atoms with van der Waals surface area (Å²) in [5.74, 6) is 0.594. The van der Waals surface area contributed by atoms with Gasteiger partial charge in [0.1, 0.15) is 5.82 Å². The van der Waals surface area contributed by atoms with E-state index in [1.54, 1.807) is 10.7 Å². The predicted octanol–water partition coefficient (Wildman–Crippen LogP) is 2.29. The van der Waals surface area contributed by atoms with Crippen molar-refractivity contribution >= 4 is 11.5 Å². The van der Waals surface area contributed by atoms with Gasteiger partial charge in [-0.25, -0.2) is 4.98 Å². The molecule has 0 radical (unpaired) electrons. The number of rotatable bonds is 1. The van der Waals surface area contributed by atoms with Gasteiger partial charge in [-0.3, -0.25) is 0 Å². The highest BCUT2D eigenvalue weighted by Crippen LogP contribution is 2.21. The maximum atomic E-state index is 5.94. The van der Waals surface area contributed by atoms with Crippen molar-refractivity contribution in [3.63, 3.8) is 0 Å². The average Bonchev–Trinajstić information content (AvgIpc) is 2.77. The SMILES string of the molecule is Cc1cccc(-c2cc(N)n3nccc3n2)c1. The molecule has 3 aromatic rings. The van der Waals surface area contributed by atoms with Crippen LogP contribution in [-0.2, 0) is 0 Å². The fourth-order valence-electron chi connectivity index (χ4n) is 1.89. The highest BCUT2D eigenvalue weighted by molar-refractivity contribution is 5.66. The summed E-state index contributed by atoms with van der Waals surface area (Å²) in [6, 6.07) is 11.9. The summed E-state index contributed by atoms with van der Waals surface area (Å²) in [5, 5.41) is 4.10. The van der Waals surface area contributed by atoms with Crippen LogP contribution in [0.5, 0.6) is 0 Å². The van der Waals surface area contributed by atoms with Crippen molar-refractivity contribution in [2.75, 3.05) is 5.73 Å². The van der Waals surface area contributed by atoms with E-state index in [-0.39, 0.29) is 0 Å². The Bertz CT molecular complexity index is 685. The molecule has 0 aliphatic carbocycles. The van der Waals surface area contributed by atoms with Crippen LogP contribution in [0.25, 0.3) is 16.9 Å². The number of aromatic nitrogens is 3. The number of nitrogens with zero attached hydrogens (tertiary/aromatic N) is 3. The Kier molecular flexibility index (Phi) is 2.08. The van der Waals surface area contributed by atoms with E-state index in [1.807, 2.05) is 24.3 Å². The van der Waals surface area contributed by atoms with Gasteiger partial charge < -0.3 is 5.73 Å². The van der Waals surface area contributed by atoms with Crippen molar-refractivity contribution in [2.45, 2.75) is 6.92 Å². The van der Waals surface area contributed by atoms with Crippen LogP contribution < -0.4 is 5.73 Å². The quantitative estimate of drug-likeness (QED) is 0.690. The number of aryl methyl sites for hydroxylation is 1. The van der Waals surface area contributed by atoms with Crippen LogP contribution in [0.1, 0.15) is 5.56 Å². The molecule has 0 atom stereocenters. The zero-order chi connectivity index (χ0) is 11.8. The summed E-state index contributed by atoms with van der Waals surface area (Å²) in [5.41, 5.74) is 9.85. The molecule has 17 heavy (non-hydrogen) atoms. The molecule has 4 nitrogen and oxygen atoms in total. The third-order valence-corrected chi connectivity index (χ3v) is 2.70. The lowest BCUT2D eigenvalue weighted by Crippen LogP contribution is -2.00. The third-order valence-electron chi connectivity index (χ3n) is 2.70. The van der Waals surface area contributed by atoms with Gasteiger partial charge in [0, 0.05) is 17.7 Å². The summed E-state index contributed by atoms with van der Waals surface area (Å²) in [7, 11) is 0. The number of benzene rings is 1. The van der Waals surface area contributed by atoms with Crippen LogP contribution in [0.4, 0.5) is 5.82 Å². The van der Waals surface area contributed by atoms with Crippen molar-refractivity contribution in [3.05, 3.63) is 48.2 Å². The molecule has 0 bridgehead atoms. The molecule has 0 spiro atoms. The first-order valence-corrected chi connectivity index (χ1v) is 5.41. The molecule has 0 unspecified atom stereocenters. The van der Waals surface area contributed by atoms with Crippen molar-refractivity contribution in [2.24, 2.45) is 0 Å². The second kappa shape index (κ2) is 3.59. The molecule has 84 valence electrons. The van der Waals surface area contributed by atoms with Crippen LogP contribution in [0.15, 0.2) is 42.6 Å². The van der Waals surface area contributed by atoms with Gasteiger partial charge in [0.25, 0.3) is 0 Å². The zero-order valence-electron chi connectivity index (χ0n) is 9.46. The molecule has 2 aromatic heterocycles. The third kappa shape index (κ3) is 1.63. The van der Waals surface area contributed by atoms with E-state index < -0.39 is 0 Å². The number of anilines is 1. The number of hydrogen-bond acceptors (Lipinski definition) is 3. The fraction of sp³-hybridized carbons (Fsp3) is 0.0769. The second-order valence-electron chi connectivity index (χ2n) is 4.04. The number of nitrogens with two attached hydrogens (primary N) is 1. The van der Waals surface area contributed by atoms with Crippen LogP contribution in [0.3, 0.4) is 0 Å². The average molecular weight is 224 g/mol. The van der Waals surface area contributed by atoms with Gasteiger partial charge in [-0.05, 0) is 13.0 Å². The van der Waals surface area contributed by atoms with Crippen molar-refractivity contribution in [1.29, 1.82) is 0 Å². The number of fused-ring (bicyclic) bond motifs is 1. The van der Waals surface area contributed by atoms with E-state index in [2.05, 4.69) is 29.1 Å². The van der Waals surface area contributed by atoms with Gasteiger partial charge in [0.2, 0.25) is 0 Å². The van der Waals surface area contributed by atoms with Crippen molar-refractivity contribution in [1.82, 2.24) is 14.6 Å². The Labute approximate surface area is 98.7 Å². The van der Waals surface area contributed by atoms with Gasteiger partial charge in [-0.15, -0.1) is 0 Å². The molecule has 0 saturated carbocycles. The molecular weight excluding hydrogens is 212 g/mol. The molecule has 1 aromatic carbocycles. The molecule has 4 heteroatoms. The molecule has 0 fully saturated rings. The van der Waals surface area contributed by atoms with Gasteiger partial charge >= 0.3 is 0 Å². The van der Waals surface area contributed by atoms with Crippen LogP contribution in [0.2, 0.25) is 0 Å². The Hall–Kier alpha value is -2.36. The molecule has 0 aliphatic heterocycles. The Morgan fingerprint density at radius 3 is 2.88 bits per heavy atom. The lowest BCUT2D eigenvalue weighted by Gasteiger charge is -2.05. The van der Waals surface area contributed by atoms with Gasteiger partial charge in [0.15, 0.2) is 5.65 Å². The fourth-order valence-corrected chi connectivity index (χ4v) is 1.89. The van der Waals surface area contributed by atoms with E-state index in [4.69, 9.17) is 5.73 Å². The Morgan fingerprint density at radius 2 is 2.06 bits per heavy atom. The minimum absolute atomic E-state index is 0.594. The second-order valence-corrected chi connectivity index (χ2v) is 4.04. The summed E-state index contributed by atoms with van der Waals surface area (Å²) in [6.07, 6.45) is 1.69. The Morgan fingerprint density at radius 1 is 1.18 bits per heavy atom. The van der Waals surface area contributed by atoms with Crippen molar-refractivity contribution < 1.29 is 0 Å². The first-order valence-electron chi connectivity index (χ1n) is 5.41. The maximum absolute atomic E-state index is 5.94. The molecule has 0 amide bonds. The zero-order valence-corrected chi connectivity index (χ0v) is 9.46. The summed E-state index contributed by atoms with van der Waals surface area (Å²) in [4.78, 5) is 4.53. The van der Waals surface area contributed by atoms with E-state index in [1.165, 1.54) is 5.56 Å². The standard InChI is InChI=1S/C13H12N4/c1-9-3-2-4-10(7-9)11-8-12(14)17-13(16-11)5-6-15-17/h2-8H,14H2,1H3. The first kappa shape index (κ1) is 9.84. The molecule has 2 N–H and O–H groups in total. The Balaban J connectivity index is 2.23. The highest BCUT2D eigenvalue weighted by Gasteiger charge is 2.05. The van der Waals surface area contributed by atoms with Crippen LogP contribution >= 0.6 is 0 Å². The highest BCUT2D eigenvalue weighted by atomic mass is 15.3. The molecule has 0 aliphatic rings. The minimum Gasteiger partial charge on any atom is -0.384 e. The van der Waals surface area contributed by atoms with Gasteiger partial charge in [-0.2, -0.15) is 9.61 Å². The first-order chi connectivity index (χ1) is 8.24. The summed E-state index contributed by atoms with van der Waals surface area (Å²) < 4.78 is 1.62. The van der Waals surface area contributed by atoms with Gasteiger partial charge in [0.05, 0.1) is 11.9 Å². The van der Waals surface area contributed by atoms with E-state index >= 15 is 0 Å². The monoisotopic (exact) mass is 224 g/mol.